The van der Waals surface area contributed by atoms with Crippen molar-refractivity contribution in [2.24, 2.45) is 5.73 Å². The first-order valence-electron chi connectivity index (χ1n) is 6.18. The van der Waals surface area contributed by atoms with E-state index in [1.165, 1.54) is 0 Å². The molecule has 96 valence electrons. The number of rotatable bonds is 5. The van der Waals surface area contributed by atoms with Crippen molar-refractivity contribution in [1.29, 1.82) is 0 Å². The van der Waals surface area contributed by atoms with Gasteiger partial charge in [0.15, 0.2) is 0 Å². The number of ether oxygens (including phenoxy) is 1. The lowest BCUT2D eigenvalue weighted by atomic mass is 9.95. The maximum atomic E-state index is 9.96. The molecule has 0 bridgehead atoms. The Labute approximate surface area is 98.8 Å². The molecule has 4 heteroatoms. The fourth-order valence-corrected chi connectivity index (χ4v) is 2.32. The van der Waals surface area contributed by atoms with Gasteiger partial charge in [-0.05, 0) is 40.2 Å². The van der Waals surface area contributed by atoms with E-state index in [9.17, 15) is 5.11 Å². The van der Waals surface area contributed by atoms with Crippen molar-refractivity contribution in [3.8, 4) is 0 Å². The summed E-state index contributed by atoms with van der Waals surface area (Å²) in [6.07, 6.45) is 2.90. The van der Waals surface area contributed by atoms with Gasteiger partial charge in [-0.1, -0.05) is 0 Å². The minimum absolute atomic E-state index is 0.318. The van der Waals surface area contributed by atoms with E-state index in [4.69, 9.17) is 10.5 Å². The standard InChI is InChI=1S/C12H26N2O2/c1-10(8-12(2,15)9-13)14(3)11-4-6-16-7-5-11/h10-11,15H,4-9,13H2,1-3H3. The fourth-order valence-electron chi connectivity index (χ4n) is 2.32. The highest BCUT2D eigenvalue weighted by Gasteiger charge is 2.27. The van der Waals surface area contributed by atoms with E-state index in [0.717, 1.165) is 32.5 Å². The van der Waals surface area contributed by atoms with Gasteiger partial charge in [0.2, 0.25) is 0 Å². The molecule has 2 unspecified atom stereocenters. The first-order valence-corrected chi connectivity index (χ1v) is 6.18. The number of nitrogens with two attached hydrogens (primary N) is 1. The van der Waals surface area contributed by atoms with Crippen LogP contribution in [0.2, 0.25) is 0 Å². The van der Waals surface area contributed by atoms with Crippen LogP contribution in [0.25, 0.3) is 0 Å². The molecule has 1 aliphatic rings. The van der Waals surface area contributed by atoms with Crippen LogP contribution in [-0.4, -0.2) is 54.5 Å². The summed E-state index contributed by atoms with van der Waals surface area (Å²) in [4.78, 5) is 2.35. The molecular weight excluding hydrogens is 204 g/mol. The lowest BCUT2D eigenvalue weighted by molar-refractivity contribution is -0.000781. The molecule has 0 amide bonds. The molecule has 0 aromatic rings. The third-order valence-corrected chi connectivity index (χ3v) is 3.64. The molecule has 0 aliphatic carbocycles. The predicted octanol–water partition coefficient (Wildman–Crippen LogP) is 0.586. The van der Waals surface area contributed by atoms with Crippen LogP contribution in [-0.2, 0) is 4.74 Å². The Morgan fingerprint density at radius 2 is 2.06 bits per heavy atom. The zero-order valence-corrected chi connectivity index (χ0v) is 10.8. The summed E-state index contributed by atoms with van der Waals surface area (Å²) >= 11 is 0. The van der Waals surface area contributed by atoms with Crippen LogP contribution in [0.15, 0.2) is 0 Å². The maximum absolute atomic E-state index is 9.96. The molecule has 0 saturated carbocycles. The molecule has 0 aromatic heterocycles. The van der Waals surface area contributed by atoms with Crippen LogP contribution < -0.4 is 5.73 Å². The molecule has 1 fully saturated rings. The van der Waals surface area contributed by atoms with E-state index in [-0.39, 0.29) is 0 Å². The molecule has 0 aromatic carbocycles. The largest absolute Gasteiger partial charge is 0.389 e. The highest BCUT2D eigenvalue weighted by molar-refractivity contribution is 4.83. The topological polar surface area (TPSA) is 58.7 Å². The Bertz CT molecular complexity index is 203. The lowest BCUT2D eigenvalue weighted by Gasteiger charge is -2.38. The molecule has 2 atom stereocenters. The minimum atomic E-state index is -0.751. The summed E-state index contributed by atoms with van der Waals surface area (Å²) in [5, 5.41) is 9.96. The van der Waals surface area contributed by atoms with Crippen LogP contribution in [0, 0.1) is 0 Å². The van der Waals surface area contributed by atoms with Crippen LogP contribution in [0.3, 0.4) is 0 Å². The minimum Gasteiger partial charge on any atom is -0.389 e. The first kappa shape index (κ1) is 13.9. The van der Waals surface area contributed by atoms with Crippen molar-refractivity contribution in [2.75, 3.05) is 26.8 Å². The first-order chi connectivity index (χ1) is 7.46. The van der Waals surface area contributed by atoms with Gasteiger partial charge in [0.25, 0.3) is 0 Å². The molecule has 1 rings (SSSR count). The van der Waals surface area contributed by atoms with Crippen molar-refractivity contribution in [3.63, 3.8) is 0 Å². The van der Waals surface area contributed by atoms with Gasteiger partial charge in [0, 0.05) is 31.8 Å². The van der Waals surface area contributed by atoms with Gasteiger partial charge < -0.3 is 20.5 Å². The Morgan fingerprint density at radius 3 is 2.56 bits per heavy atom. The Balaban J connectivity index is 2.42. The van der Waals surface area contributed by atoms with E-state index >= 15 is 0 Å². The molecule has 1 heterocycles. The summed E-state index contributed by atoms with van der Waals surface area (Å²) in [7, 11) is 2.13. The Hall–Kier alpha value is -0.160. The molecule has 3 N–H and O–H groups in total. The average molecular weight is 230 g/mol. The molecule has 1 saturated heterocycles. The number of aliphatic hydroxyl groups is 1. The highest BCUT2D eigenvalue weighted by atomic mass is 16.5. The smallest absolute Gasteiger partial charge is 0.0756 e. The molecule has 0 radical (unpaired) electrons. The van der Waals surface area contributed by atoms with Crippen molar-refractivity contribution in [3.05, 3.63) is 0 Å². The van der Waals surface area contributed by atoms with E-state index < -0.39 is 5.60 Å². The lowest BCUT2D eigenvalue weighted by Crippen LogP contribution is -2.47. The van der Waals surface area contributed by atoms with Gasteiger partial charge in [-0.25, -0.2) is 0 Å². The summed E-state index contributed by atoms with van der Waals surface area (Å²) in [5.74, 6) is 0. The predicted molar refractivity (Wildman–Crippen MR) is 65.4 cm³/mol. The molecule has 0 spiro atoms. The number of hydrogen-bond donors (Lipinski definition) is 2. The van der Waals surface area contributed by atoms with E-state index in [1.807, 2.05) is 0 Å². The number of nitrogens with zero attached hydrogens (tertiary/aromatic N) is 1. The van der Waals surface area contributed by atoms with Crippen molar-refractivity contribution in [1.82, 2.24) is 4.90 Å². The van der Waals surface area contributed by atoms with Crippen LogP contribution in [0.5, 0.6) is 0 Å². The van der Waals surface area contributed by atoms with Crippen LogP contribution >= 0.6 is 0 Å². The SMILES string of the molecule is CC(CC(C)(O)CN)N(C)C1CCOCC1. The Kier molecular flexibility index (Phi) is 5.18. The zero-order chi connectivity index (χ0) is 12.2. The summed E-state index contributed by atoms with van der Waals surface area (Å²) in [5.41, 5.74) is 4.79. The molecule has 1 aliphatic heterocycles. The Morgan fingerprint density at radius 1 is 1.50 bits per heavy atom. The molecule has 16 heavy (non-hydrogen) atoms. The van der Waals surface area contributed by atoms with Crippen LogP contribution in [0.1, 0.15) is 33.1 Å². The number of hydrogen-bond acceptors (Lipinski definition) is 4. The third-order valence-electron chi connectivity index (χ3n) is 3.64. The second kappa shape index (κ2) is 5.96. The van der Waals surface area contributed by atoms with Gasteiger partial charge in [0.05, 0.1) is 5.60 Å². The van der Waals surface area contributed by atoms with Gasteiger partial charge in [-0.3, -0.25) is 0 Å². The van der Waals surface area contributed by atoms with Gasteiger partial charge >= 0.3 is 0 Å². The summed E-state index contributed by atoms with van der Waals surface area (Å²) < 4.78 is 5.36. The molecular formula is C12H26N2O2. The van der Waals surface area contributed by atoms with E-state index in [2.05, 4.69) is 18.9 Å². The van der Waals surface area contributed by atoms with Gasteiger partial charge in [-0.15, -0.1) is 0 Å². The summed E-state index contributed by atoms with van der Waals surface area (Å²) in [6, 6.07) is 0.930. The quantitative estimate of drug-likeness (QED) is 0.725. The highest BCUT2D eigenvalue weighted by Crippen LogP contribution is 2.20. The van der Waals surface area contributed by atoms with Crippen molar-refractivity contribution in [2.45, 2.75) is 50.8 Å². The second-order valence-electron chi connectivity index (χ2n) is 5.26. The van der Waals surface area contributed by atoms with Crippen LogP contribution in [0.4, 0.5) is 0 Å². The molecule has 4 nitrogen and oxygen atoms in total. The fraction of sp³-hybridized carbons (Fsp3) is 1.00. The average Bonchev–Trinajstić information content (AvgIpc) is 2.28. The van der Waals surface area contributed by atoms with Gasteiger partial charge in [0.1, 0.15) is 0 Å². The third kappa shape index (κ3) is 4.01. The van der Waals surface area contributed by atoms with Gasteiger partial charge in [-0.2, -0.15) is 0 Å². The van der Waals surface area contributed by atoms with E-state index in [1.54, 1.807) is 6.92 Å². The summed E-state index contributed by atoms with van der Waals surface area (Å²) in [6.45, 7) is 5.99. The monoisotopic (exact) mass is 230 g/mol. The zero-order valence-electron chi connectivity index (χ0n) is 10.8. The van der Waals surface area contributed by atoms with Crippen molar-refractivity contribution < 1.29 is 9.84 Å². The second-order valence-corrected chi connectivity index (χ2v) is 5.26. The normalized spacial score (nSPS) is 24.4. The van der Waals surface area contributed by atoms with Crippen molar-refractivity contribution >= 4 is 0 Å². The maximum Gasteiger partial charge on any atom is 0.0756 e. The van der Waals surface area contributed by atoms with E-state index in [0.29, 0.717) is 18.6 Å².